The molecule has 18 heteroatoms. The van der Waals surface area contributed by atoms with E-state index in [1.807, 2.05) is 0 Å². The number of carbonyl (C=O) groups excluding carboxylic acids is 7. The summed E-state index contributed by atoms with van der Waals surface area (Å²) in [5.74, 6) is -4.97. The highest BCUT2D eigenvalue weighted by atomic mass is 32.2. The summed E-state index contributed by atoms with van der Waals surface area (Å²) in [7, 11) is 0. The van der Waals surface area contributed by atoms with Crippen LogP contribution in [0.15, 0.2) is 0 Å². The first kappa shape index (κ1) is 38.7. The van der Waals surface area contributed by atoms with Crippen molar-refractivity contribution in [2.75, 3.05) is 19.0 Å². The molecule has 0 spiro atoms. The second-order valence-electron chi connectivity index (χ2n) is 10.1. The maximum absolute atomic E-state index is 12.2. The number of hydrogen-bond donors (Lipinski definition) is 0. The number of esters is 7. The van der Waals surface area contributed by atoms with Crippen molar-refractivity contribution in [3.05, 3.63) is 0 Å². The molecule has 0 N–H and O–H groups in total. The van der Waals surface area contributed by atoms with Gasteiger partial charge in [0.15, 0.2) is 42.9 Å². The fraction of sp³-hybridized carbons (Fsp3) is 0.750. The van der Waals surface area contributed by atoms with Crippen molar-refractivity contribution in [1.29, 1.82) is 0 Å². The van der Waals surface area contributed by atoms with Gasteiger partial charge in [-0.25, -0.2) is 0 Å². The molecule has 260 valence electrons. The van der Waals surface area contributed by atoms with Gasteiger partial charge in [-0.3, -0.25) is 33.6 Å². The van der Waals surface area contributed by atoms with E-state index in [0.717, 1.165) is 48.5 Å². The van der Waals surface area contributed by atoms with Crippen LogP contribution in [-0.4, -0.2) is 121 Å². The minimum Gasteiger partial charge on any atom is -0.463 e. The molecule has 2 saturated heterocycles. The second kappa shape index (κ2) is 18.0. The van der Waals surface area contributed by atoms with Crippen molar-refractivity contribution < 1.29 is 80.9 Å². The lowest BCUT2D eigenvalue weighted by Crippen LogP contribution is -2.64. The molecule has 17 nitrogen and oxygen atoms in total. The lowest BCUT2D eigenvalue weighted by molar-refractivity contribution is -0.317. The van der Waals surface area contributed by atoms with Gasteiger partial charge in [-0.1, -0.05) is 6.92 Å². The molecule has 0 aromatic rings. The van der Waals surface area contributed by atoms with Crippen molar-refractivity contribution in [2.24, 2.45) is 0 Å². The molecule has 0 radical (unpaired) electrons. The fourth-order valence-corrected chi connectivity index (χ4v) is 5.75. The summed E-state index contributed by atoms with van der Waals surface area (Å²) in [4.78, 5) is 84.1. The smallest absolute Gasteiger partial charge is 0.303 e. The van der Waals surface area contributed by atoms with Crippen molar-refractivity contribution in [3.63, 3.8) is 0 Å². The number of thioether (sulfide) groups is 1. The molecule has 0 aromatic heterocycles. The molecule has 2 fully saturated rings. The van der Waals surface area contributed by atoms with E-state index in [-0.39, 0.29) is 0 Å². The van der Waals surface area contributed by atoms with Crippen LogP contribution in [0.5, 0.6) is 0 Å². The van der Waals surface area contributed by atoms with Crippen LogP contribution in [0.25, 0.3) is 0 Å². The van der Waals surface area contributed by atoms with Gasteiger partial charge in [0.2, 0.25) is 0 Å². The molecule has 46 heavy (non-hydrogen) atoms. The molecule has 2 rings (SSSR count). The van der Waals surface area contributed by atoms with Crippen LogP contribution in [0.4, 0.5) is 0 Å². The highest BCUT2D eigenvalue weighted by Gasteiger charge is 2.55. The van der Waals surface area contributed by atoms with E-state index in [1.165, 1.54) is 11.8 Å². The molecule has 0 saturated carbocycles. The Morgan fingerprint density at radius 1 is 0.500 bits per heavy atom. The van der Waals surface area contributed by atoms with Crippen molar-refractivity contribution in [3.8, 4) is 0 Å². The Morgan fingerprint density at radius 2 is 0.891 bits per heavy atom. The zero-order valence-corrected chi connectivity index (χ0v) is 27.6. The monoisotopic (exact) mass is 680 g/mol. The average molecular weight is 681 g/mol. The van der Waals surface area contributed by atoms with Crippen LogP contribution in [-0.2, 0) is 80.9 Å². The molecule has 0 bridgehead atoms. The predicted octanol–water partition coefficient (Wildman–Crippen LogP) is 0.359. The van der Waals surface area contributed by atoms with E-state index in [9.17, 15) is 33.6 Å². The Bertz CT molecular complexity index is 1130. The largest absolute Gasteiger partial charge is 0.463 e. The van der Waals surface area contributed by atoms with E-state index < -0.39 is 116 Å². The average Bonchev–Trinajstić information content (AvgIpc) is 2.91. The summed E-state index contributed by atoms with van der Waals surface area (Å²) in [5.41, 5.74) is -0.922. The highest BCUT2D eigenvalue weighted by molar-refractivity contribution is 7.99. The highest BCUT2D eigenvalue weighted by Crippen LogP contribution is 2.35. The summed E-state index contributed by atoms with van der Waals surface area (Å²) in [6.45, 7) is 8.57. The molecule has 0 unspecified atom stereocenters. The SMILES string of the molecule is CCS[C@@H]1O[C@H](CO[C@@H]2O[C@H](COC(C)=O)[C@@H](OC(C)=O)[C@H](OC(C)=O)[C@H]2OC(C)=O)[C@@H](OC(C)=O)[C@H](OC(C)=O)[C@H]1OC(C)=O. The van der Waals surface area contributed by atoms with Crippen LogP contribution >= 0.6 is 11.8 Å². The van der Waals surface area contributed by atoms with Crippen molar-refractivity contribution in [2.45, 2.75) is 116 Å². The zero-order valence-electron chi connectivity index (χ0n) is 26.7. The van der Waals surface area contributed by atoms with E-state index in [0.29, 0.717) is 5.75 Å². The van der Waals surface area contributed by atoms with E-state index in [4.69, 9.17) is 47.4 Å². The van der Waals surface area contributed by atoms with Crippen LogP contribution in [0.1, 0.15) is 55.4 Å². The lowest BCUT2D eigenvalue weighted by Gasteiger charge is -2.46. The van der Waals surface area contributed by atoms with E-state index in [2.05, 4.69) is 0 Å². The van der Waals surface area contributed by atoms with Gasteiger partial charge in [-0.2, -0.15) is 0 Å². The van der Waals surface area contributed by atoms with E-state index >= 15 is 0 Å². The molecule has 2 heterocycles. The maximum Gasteiger partial charge on any atom is 0.303 e. The number of carbonyl (C=O) groups is 7. The Balaban J connectivity index is 2.53. The molecule has 0 aromatic carbocycles. The normalized spacial score (nSPS) is 30.6. The summed E-state index contributed by atoms with van der Waals surface area (Å²) in [6, 6.07) is 0. The quantitative estimate of drug-likeness (QED) is 0.190. The summed E-state index contributed by atoms with van der Waals surface area (Å²) >= 11 is 1.21. The molecule has 0 amide bonds. The van der Waals surface area contributed by atoms with Crippen molar-refractivity contribution in [1.82, 2.24) is 0 Å². The van der Waals surface area contributed by atoms with Gasteiger partial charge in [0.1, 0.15) is 24.3 Å². The third kappa shape index (κ3) is 11.7. The first-order valence-electron chi connectivity index (χ1n) is 14.2. The standard InChI is InChI=1S/C28H40O17S/c1-9-46-28-26(43-18(8)35)24(41-16(6)33)22(39-14(4)31)20(45-28)11-37-27-25(42-17(7)34)23(40-15(5)32)21(38-13(3)30)19(44-27)10-36-12(2)29/h19-28H,9-11H2,1-8H3/t19-,20-,21-,22-,23+,24+,25-,26-,27-,28+/m1/s1. The zero-order chi connectivity index (χ0) is 34.7. The Kier molecular flexibility index (Phi) is 15.2. The van der Waals surface area contributed by atoms with Crippen LogP contribution in [0.2, 0.25) is 0 Å². The molecule has 10 atom stereocenters. The molecule has 2 aliphatic heterocycles. The molecular formula is C28H40O17S. The third-order valence-corrected chi connectivity index (χ3v) is 7.24. The van der Waals surface area contributed by atoms with Gasteiger partial charge in [0.05, 0.1) is 6.61 Å². The Morgan fingerprint density at radius 3 is 1.33 bits per heavy atom. The Labute approximate surface area is 269 Å². The fourth-order valence-electron chi connectivity index (χ4n) is 4.80. The van der Waals surface area contributed by atoms with Gasteiger partial charge in [0, 0.05) is 48.5 Å². The summed E-state index contributed by atoms with van der Waals surface area (Å²) < 4.78 is 55.7. The van der Waals surface area contributed by atoms with Crippen molar-refractivity contribution >= 4 is 53.5 Å². The third-order valence-electron chi connectivity index (χ3n) is 6.20. The first-order chi connectivity index (χ1) is 21.5. The second-order valence-corrected chi connectivity index (χ2v) is 11.5. The van der Waals surface area contributed by atoms with Gasteiger partial charge in [0.25, 0.3) is 0 Å². The van der Waals surface area contributed by atoms with Gasteiger partial charge in [-0.15, -0.1) is 11.8 Å². The van der Waals surface area contributed by atoms with Gasteiger partial charge < -0.3 is 47.4 Å². The van der Waals surface area contributed by atoms with Crippen LogP contribution < -0.4 is 0 Å². The molecular weight excluding hydrogens is 640 g/mol. The van der Waals surface area contributed by atoms with E-state index in [1.54, 1.807) is 6.92 Å². The van der Waals surface area contributed by atoms with Crippen LogP contribution in [0.3, 0.4) is 0 Å². The number of rotatable bonds is 13. The number of hydrogen-bond acceptors (Lipinski definition) is 18. The maximum atomic E-state index is 12.2. The van der Waals surface area contributed by atoms with Gasteiger partial charge >= 0.3 is 41.8 Å². The molecule has 2 aliphatic rings. The summed E-state index contributed by atoms with van der Waals surface area (Å²) in [5, 5.41) is 0. The lowest BCUT2D eigenvalue weighted by atomic mass is 9.97. The molecule has 0 aliphatic carbocycles. The predicted molar refractivity (Wildman–Crippen MR) is 151 cm³/mol. The van der Waals surface area contributed by atoms with Gasteiger partial charge in [-0.05, 0) is 5.75 Å². The summed E-state index contributed by atoms with van der Waals surface area (Å²) in [6.07, 6.45) is -12.4. The minimum atomic E-state index is -1.57. The first-order valence-corrected chi connectivity index (χ1v) is 15.3. The number of ether oxygens (including phenoxy) is 10. The Hall–Kier alpha value is -3.48. The van der Waals surface area contributed by atoms with Crippen LogP contribution in [0, 0.1) is 0 Å². The minimum absolute atomic E-state index is 0.473. The topological polar surface area (TPSA) is 212 Å².